The quantitative estimate of drug-likeness (QED) is 0.675. The lowest BCUT2D eigenvalue weighted by Crippen LogP contribution is -2.32. The number of aromatic nitrogens is 2. The lowest BCUT2D eigenvalue weighted by molar-refractivity contribution is -0.0290. The molecule has 7 nitrogen and oxygen atoms in total. The number of fused-ring (bicyclic) bond motifs is 1. The van der Waals surface area contributed by atoms with Gasteiger partial charge in [0.25, 0.3) is 5.56 Å². The van der Waals surface area contributed by atoms with Crippen molar-refractivity contribution in [2.75, 3.05) is 44.7 Å². The Morgan fingerprint density at radius 3 is 2.68 bits per heavy atom. The number of thiophene rings is 1. The standard InChI is InChI=1S/C23H28N4O3S/c1-16-23(29,8-13-30-16)20-14-19-21(31-20)22(28)27(15-24-19)18-6-4-17(5-7-18)26-10-3-9-25(2)11-12-26/h4-7,14-16,29H,3,8-13H2,1-2H3. The highest BCUT2D eigenvalue weighted by atomic mass is 32.1. The molecule has 2 saturated heterocycles. The first kappa shape index (κ1) is 20.6. The van der Waals surface area contributed by atoms with Gasteiger partial charge >= 0.3 is 0 Å². The van der Waals surface area contributed by atoms with Gasteiger partial charge in [-0.25, -0.2) is 4.98 Å². The summed E-state index contributed by atoms with van der Waals surface area (Å²) < 4.78 is 7.71. The molecule has 1 N–H and O–H groups in total. The number of benzene rings is 1. The van der Waals surface area contributed by atoms with E-state index in [1.165, 1.54) is 17.0 Å². The van der Waals surface area contributed by atoms with Crippen LogP contribution in [0.5, 0.6) is 0 Å². The molecule has 0 amide bonds. The van der Waals surface area contributed by atoms with Crippen LogP contribution in [-0.2, 0) is 10.3 Å². The van der Waals surface area contributed by atoms with Gasteiger partial charge in [0.15, 0.2) is 0 Å². The molecule has 0 saturated carbocycles. The van der Waals surface area contributed by atoms with Crippen molar-refractivity contribution >= 4 is 27.2 Å². The SMILES string of the molecule is CC1OCCC1(O)c1cc2ncn(-c3ccc(N4CCCN(C)CC4)cc3)c(=O)c2s1. The minimum atomic E-state index is -1.05. The lowest BCUT2D eigenvalue weighted by atomic mass is 9.95. The molecular formula is C23H28N4O3S. The third-order valence-electron chi connectivity index (χ3n) is 6.60. The molecule has 5 rings (SSSR count). The monoisotopic (exact) mass is 440 g/mol. The van der Waals surface area contributed by atoms with Gasteiger partial charge in [0.05, 0.1) is 23.9 Å². The highest BCUT2D eigenvalue weighted by Crippen LogP contribution is 2.40. The first-order valence-electron chi connectivity index (χ1n) is 10.9. The summed E-state index contributed by atoms with van der Waals surface area (Å²) in [6.07, 6.45) is 2.96. The Balaban J connectivity index is 1.45. The van der Waals surface area contributed by atoms with Crippen LogP contribution in [0, 0.1) is 0 Å². The average Bonchev–Trinajstić information content (AvgIpc) is 3.29. The molecule has 3 aromatic rings. The minimum absolute atomic E-state index is 0.111. The van der Waals surface area contributed by atoms with Crippen molar-refractivity contribution in [1.29, 1.82) is 0 Å². The van der Waals surface area contributed by atoms with Gasteiger partial charge < -0.3 is 19.6 Å². The number of nitrogens with zero attached hydrogens (tertiary/aromatic N) is 4. The van der Waals surface area contributed by atoms with Gasteiger partial charge in [-0.1, -0.05) is 0 Å². The second-order valence-electron chi connectivity index (χ2n) is 8.59. The lowest BCUT2D eigenvalue weighted by Gasteiger charge is -2.24. The molecule has 0 aliphatic carbocycles. The molecule has 31 heavy (non-hydrogen) atoms. The van der Waals surface area contributed by atoms with E-state index in [1.807, 2.05) is 25.1 Å². The number of likely N-dealkylation sites (N-methyl/N-ethyl adjacent to an activating group) is 1. The van der Waals surface area contributed by atoms with Crippen LogP contribution in [0.25, 0.3) is 15.9 Å². The molecule has 4 heterocycles. The highest BCUT2D eigenvalue weighted by Gasteiger charge is 2.42. The van der Waals surface area contributed by atoms with E-state index < -0.39 is 5.60 Å². The van der Waals surface area contributed by atoms with Gasteiger partial charge in [-0.2, -0.15) is 0 Å². The molecule has 0 bridgehead atoms. The molecule has 2 aliphatic heterocycles. The van der Waals surface area contributed by atoms with Crippen molar-refractivity contribution < 1.29 is 9.84 Å². The number of anilines is 1. The van der Waals surface area contributed by atoms with Crippen molar-refractivity contribution in [3.63, 3.8) is 0 Å². The third-order valence-corrected chi connectivity index (χ3v) is 7.88. The van der Waals surface area contributed by atoms with E-state index in [0.717, 1.165) is 43.2 Å². The summed E-state index contributed by atoms with van der Waals surface area (Å²) in [6, 6.07) is 9.95. The third kappa shape index (κ3) is 3.67. The first-order chi connectivity index (χ1) is 15.0. The van der Waals surface area contributed by atoms with Gasteiger partial charge in [0, 0.05) is 36.6 Å². The van der Waals surface area contributed by atoms with E-state index in [0.29, 0.717) is 23.2 Å². The van der Waals surface area contributed by atoms with Crippen LogP contribution < -0.4 is 10.5 Å². The Bertz CT molecular complexity index is 1140. The van der Waals surface area contributed by atoms with Crippen LogP contribution in [0.4, 0.5) is 5.69 Å². The van der Waals surface area contributed by atoms with E-state index in [4.69, 9.17) is 4.74 Å². The number of rotatable bonds is 3. The fourth-order valence-corrected chi connectivity index (χ4v) is 5.73. The summed E-state index contributed by atoms with van der Waals surface area (Å²) in [6.45, 7) is 6.61. The van der Waals surface area contributed by atoms with Gasteiger partial charge in [0.2, 0.25) is 0 Å². The maximum absolute atomic E-state index is 13.2. The maximum atomic E-state index is 13.2. The van der Waals surface area contributed by atoms with Gasteiger partial charge in [0.1, 0.15) is 16.6 Å². The summed E-state index contributed by atoms with van der Waals surface area (Å²) in [4.78, 5) is 23.2. The van der Waals surface area contributed by atoms with Crippen LogP contribution >= 0.6 is 11.3 Å². The summed E-state index contributed by atoms with van der Waals surface area (Å²) in [7, 11) is 2.16. The van der Waals surface area contributed by atoms with Gasteiger partial charge in [-0.3, -0.25) is 9.36 Å². The van der Waals surface area contributed by atoms with Crippen molar-refractivity contribution in [1.82, 2.24) is 14.5 Å². The Hall–Kier alpha value is -2.26. The maximum Gasteiger partial charge on any atom is 0.275 e. The zero-order valence-corrected chi connectivity index (χ0v) is 18.8. The Kier molecular flexibility index (Phi) is 5.34. The molecule has 2 unspecified atom stereocenters. The average molecular weight is 441 g/mol. The molecule has 0 spiro atoms. The number of aliphatic hydroxyl groups is 1. The Morgan fingerprint density at radius 2 is 1.94 bits per heavy atom. The number of ether oxygens (including phenoxy) is 1. The zero-order chi connectivity index (χ0) is 21.6. The molecule has 164 valence electrons. The van der Waals surface area contributed by atoms with Gasteiger partial charge in [-0.15, -0.1) is 11.3 Å². The summed E-state index contributed by atoms with van der Waals surface area (Å²) >= 11 is 1.32. The normalized spacial score (nSPS) is 25.3. The largest absolute Gasteiger partial charge is 0.382 e. The molecular weight excluding hydrogens is 412 g/mol. The topological polar surface area (TPSA) is 70.8 Å². The Labute approximate surface area is 185 Å². The molecule has 2 atom stereocenters. The zero-order valence-electron chi connectivity index (χ0n) is 18.0. The van der Waals surface area contributed by atoms with Crippen molar-refractivity contribution in [3.8, 4) is 5.69 Å². The summed E-state index contributed by atoms with van der Waals surface area (Å²) in [5.74, 6) is 0. The van der Waals surface area contributed by atoms with Crippen molar-refractivity contribution in [3.05, 3.63) is 51.9 Å². The van der Waals surface area contributed by atoms with Crippen LogP contribution in [0.3, 0.4) is 0 Å². The van der Waals surface area contributed by atoms with E-state index in [2.05, 4.69) is 34.0 Å². The van der Waals surface area contributed by atoms with Crippen molar-refractivity contribution in [2.45, 2.75) is 31.5 Å². The fourth-order valence-electron chi connectivity index (χ4n) is 4.49. The van der Waals surface area contributed by atoms with E-state index in [9.17, 15) is 9.90 Å². The highest BCUT2D eigenvalue weighted by molar-refractivity contribution is 7.19. The van der Waals surface area contributed by atoms with Crippen LogP contribution in [0.15, 0.2) is 41.5 Å². The number of hydrogen-bond donors (Lipinski definition) is 1. The van der Waals surface area contributed by atoms with E-state index >= 15 is 0 Å². The summed E-state index contributed by atoms with van der Waals surface area (Å²) in [5.41, 5.74) is 1.43. The fraction of sp³-hybridized carbons (Fsp3) is 0.478. The molecule has 2 aliphatic rings. The number of hydrogen-bond acceptors (Lipinski definition) is 7. The predicted octanol–water partition coefficient (Wildman–Crippen LogP) is 2.59. The second-order valence-corrected chi connectivity index (χ2v) is 9.64. The molecule has 2 fully saturated rings. The van der Waals surface area contributed by atoms with Crippen LogP contribution in [0.1, 0.15) is 24.6 Å². The predicted molar refractivity (Wildman–Crippen MR) is 123 cm³/mol. The molecule has 1 aromatic carbocycles. The molecule has 0 radical (unpaired) electrons. The smallest absolute Gasteiger partial charge is 0.275 e. The second kappa shape index (κ2) is 8.02. The van der Waals surface area contributed by atoms with Crippen LogP contribution in [-0.4, -0.2) is 65.5 Å². The Morgan fingerprint density at radius 1 is 1.16 bits per heavy atom. The van der Waals surface area contributed by atoms with Gasteiger partial charge in [-0.05, 0) is 57.3 Å². The van der Waals surface area contributed by atoms with Crippen LogP contribution in [0.2, 0.25) is 0 Å². The minimum Gasteiger partial charge on any atom is -0.382 e. The summed E-state index contributed by atoms with van der Waals surface area (Å²) in [5, 5.41) is 11.0. The van der Waals surface area contributed by atoms with Crippen molar-refractivity contribution in [2.24, 2.45) is 0 Å². The molecule has 2 aromatic heterocycles. The molecule has 8 heteroatoms. The van der Waals surface area contributed by atoms with E-state index in [-0.39, 0.29) is 11.7 Å². The van der Waals surface area contributed by atoms with E-state index in [1.54, 1.807) is 10.9 Å². The first-order valence-corrected chi connectivity index (χ1v) is 11.7.